The predicted octanol–water partition coefficient (Wildman–Crippen LogP) is 1.81. The van der Waals surface area contributed by atoms with E-state index in [-0.39, 0.29) is 0 Å². The highest BCUT2D eigenvalue weighted by molar-refractivity contribution is 5.77. The maximum Gasteiger partial charge on any atom is 0.323 e. The molecule has 3 N–H and O–H groups in total. The smallest absolute Gasteiger partial charge is 0.323 e. The van der Waals surface area contributed by atoms with Crippen LogP contribution in [0.4, 0.5) is 0 Å². The summed E-state index contributed by atoms with van der Waals surface area (Å²) in [4.78, 5) is 10.7. The highest BCUT2D eigenvalue weighted by Crippen LogP contribution is 2.12. The zero-order valence-corrected chi connectivity index (χ0v) is 8.94. The van der Waals surface area contributed by atoms with Crippen LogP contribution < -0.4 is 5.73 Å². The predicted molar refractivity (Wildman–Crippen MR) is 59.6 cm³/mol. The SMILES string of the molecule is CC(N)(CCCc1ccccc1)C(=O)O. The van der Waals surface area contributed by atoms with E-state index in [2.05, 4.69) is 0 Å². The van der Waals surface area contributed by atoms with Crippen LogP contribution in [-0.4, -0.2) is 16.6 Å². The van der Waals surface area contributed by atoms with Gasteiger partial charge < -0.3 is 10.8 Å². The van der Waals surface area contributed by atoms with E-state index >= 15 is 0 Å². The average molecular weight is 207 g/mol. The number of carbonyl (C=O) groups is 1. The Kier molecular flexibility index (Phi) is 3.86. The molecule has 0 amide bonds. The fraction of sp³-hybridized carbons (Fsp3) is 0.417. The normalized spacial score (nSPS) is 14.5. The third-order valence-corrected chi connectivity index (χ3v) is 2.49. The Balaban J connectivity index is 2.37. The standard InChI is InChI=1S/C12H17NO2/c1-12(13,11(14)15)9-5-8-10-6-3-2-4-7-10/h2-4,6-7H,5,8-9,13H2,1H3,(H,14,15). The van der Waals surface area contributed by atoms with Gasteiger partial charge in [-0.3, -0.25) is 4.79 Å². The van der Waals surface area contributed by atoms with Crippen molar-refractivity contribution in [1.29, 1.82) is 0 Å². The zero-order valence-electron chi connectivity index (χ0n) is 8.94. The first-order valence-corrected chi connectivity index (χ1v) is 5.08. The van der Waals surface area contributed by atoms with Crippen LogP contribution in [0.3, 0.4) is 0 Å². The Hall–Kier alpha value is -1.35. The average Bonchev–Trinajstić information content (AvgIpc) is 2.19. The highest BCUT2D eigenvalue weighted by atomic mass is 16.4. The summed E-state index contributed by atoms with van der Waals surface area (Å²) in [6.07, 6.45) is 2.17. The first-order chi connectivity index (χ1) is 7.02. The third-order valence-electron chi connectivity index (χ3n) is 2.49. The van der Waals surface area contributed by atoms with Gasteiger partial charge >= 0.3 is 5.97 Å². The second-order valence-corrected chi connectivity index (χ2v) is 4.06. The van der Waals surface area contributed by atoms with Crippen molar-refractivity contribution in [3.05, 3.63) is 35.9 Å². The van der Waals surface area contributed by atoms with Crippen molar-refractivity contribution in [3.8, 4) is 0 Å². The van der Waals surface area contributed by atoms with Crippen LogP contribution >= 0.6 is 0 Å². The largest absolute Gasteiger partial charge is 0.480 e. The lowest BCUT2D eigenvalue weighted by Crippen LogP contribution is -2.44. The van der Waals surface area contributed by atoms with E-state index in [0.717, 1.165) is 12.8 Å². The van der Waals surface area contributed by atoms with Gasteiger partial charge in [0.15, 0.2) is 0 Å². The van der Waals surface area contributed by atoms with E-state index in [9.17, 15) is 4.79 Å². The molecule has 3 nitrogen and oxygen atoms in total. The van der Waals surface area contributed by atoms with E-state index in [1.807, 2.05) is 30.3 Å². The lowest BCUT2D eigenvalue weighted by molar-refractivity contribution is -0.142. The monoisotopic (exact) mass is 207 g/mol. The third kappa shape index (κ3) is 3.72. The lowest BCUT2D eigenvalue weighted by atomic mass is 9.95. The fourth-order valence-electron chi connectivity index (χ4n) is 1.41. The summed E-state index contributed by atoms with van der Waals surface area (Å²) in [5, 5.41) is 8.81. The van der Waals surface area contributed by atoms with Gasteiger partial charge in [-0.15, -0.1) is 0 Å². The van der Waals surface area contributed by atoms with Crippen LogP contribution in [-0.2, 0) is 11.2 Å². The van der Waals surface area contributed by atoms with Crippen LogP contribution in [0.15, 0.2) is 30.3 Å². The van der Waals surface area contributed by atoms with Gasteiger partial charge in [-0.25, -0.2) is 0 Å². The van der Waals surface area contributed by atoms with Crippen LogP contribution in [0.1, 0.15) is 25.3 Å². The minimum Gasteiger partial charge on any atom is -0.480 e. The van der Waals surface area contributed by atoms with Crippen LogP contribution in [0.25, 0.3) is 0 Å². The van der Waals surface area contributed by atoms with Gasteiger partial charge in [0.25, 0.3) is 0 Å². The zero-order chi connectivity index (χ0) is 11.3. The van der Waals surface area contributed by atoms with Gasteiger partial charge in [0, 0.05) is 0 Å². The number of aliphatic carboxylic acids is 1. The Morgan fingerprint density at radius 3 is 2.53 bits per heavy atom. The first-order valence-electron chi connectivity index (χ1n) is 5.08. The van der Waals surface area contributed by atoms with E-state index < -0.39 is 11.5 Å². The summed E-state index contributed by atoms with van der Waals surface area (Å²) in [7, 11) is 0. The maximum absolute atomic E-state index is 10.7. The molecule has 1 aromatic carbocycles. The summed E-state index contributed by atoms with van der Waals surface area (Å²) in [5.74, 6) is -0.935. The van der Waals surface area contributed by atoms with Crippen LogP contribution in [0.2, 0.25) is 0 Å². The second kappa shape index (κ2) is 4.94. The number of hydrogen-bond donors (Lipinski definition) is 2. The van der Waals surface area contributed by atoms with Crippen molar-refractivity contribution in [3.63, 3.8) is 0 Å². The molecule has 3 heteroatoms. The number of benzene rings is 1. The Morgan fingerprint density at radius 2 is 2.00 bits per heavy atom. The molecular formula is C12H17NO2. The molecule has 1 aromatic rings. The molecule has 0 aromatic heterocycles. The van der Waals surface area contributed by atoms with Crippen molar-refractivity contribution in [2.45, 2.75) is 31.7 Å². The van der Waals surface area contributed by atoms with E-state index in [1.54, 1.807) is 6.92 Å². The lowest BCUT2D eigenvalue weighted by Gasteiger charge is -2.18. The van der Waals surface area contributed by atoms with Gasteiger partial charge in [0.05, 0.1) is 0 Å². The molecule has 0 radical (unpaired) electrons. The minimum atomic E-state index is -1.10. The Labute approximate surface area is 89.9 Å². The number of hydrogen-bond acceptors (Lipinski definition) is 2. The molecule has 0 aliphatic rings. The number of rotatable bonds is 5. The molecular weight excluding hydrogens is 190 g/mol. The molecule has 0 saturated heterocycles. The maximum atomic E-state index is 10.7. The molecule has 0 aliphatic heterocycles. The van der Waals surface area contributed by atoms with E-state index in [1.165, 1.54) is 5.56 Å². The van der Waals surface area contributed by atoms with Crippen molar-refractivity contribution < 1.29 is 9.90 Å². The van der Waals surface area contributed by atoms with E-state index in [0.29, 0.717) is 6.42 Å². The fourth-order valence-corrected chi connectivity index (χ4v) is 1.41. The van der Waals surface area contributed by atoms with Crippen LogP contribution in [0.5, 0.6) is 0 Å². The van der Waals surface area contributed by atoms with Crippen molar-refractivity contribution in [2.24, 2.45) is 5.73 Å². The molecule has 0 bridgehead atoms. The van der Waals surface area contributed by atoms with Crippen molar-refractivity contribution in [1.82, 2.24) is 0 Å². The van der Waals surface area contributed by atoms with Crippen molar-refractivity contribution >= 4 is 5.97 Å². The molecule has 0 heterocycles. The number of carboxylic acids is 1. The summed E-state index contributed by atoms with van der Waals surface area (Å²) in [6.45, 7) is 1.56. The first kappa shape index (κ1) is 11.7. The highest BCUT2D eigenvalue weighted by Gasteiger charge is 2.26. The molecule has 0 fully saturated rings. The number of carboxylic acid groups (broad SMARTS) is 1. The summed E-state index contributed by atoms with van der Waals surface area (Å²) >= 11 is 0. The van der Waals surface area contributed by atoms with Gasteiger partial charge in [-0.1, -0.05) is 30.3 Å². The summed E-state index contributed by atoms with van der Waals surface area (Å²) < 4.78 is 0. The molecule has 1 unspecified atom stereocenters. The Bertz CT molecular complexity index is 320. The van der Waals surface area contributed by atoms with E-state index in [4.69, 9.17) is 10.8 Å². The molecule has 0 spiro atoms. The van der Waals surface area contributed by atoms with Crippen molar-refractivity contribution in [2.75, 3.05) is 0 Å². The summed E-state index contributed by atoms with van der Waals surface area (Å²) in [5.41, 5.74) is 5.74. The van der Waals surface area contributed by atoms with Gasteiger partial charge in [0.1, 0.15) is 5.54 Å². The quantitative estimate of drug-likeness (QED) is 0.774. The number of aryl methyl sites for hydroxylation is 1. The van der Waals surface area contributed by atoms with Gasteiger partial charge in [-0.2, -0.15) is 0 Å². The molecule has 15 heavy (non-hydrogen) atoms. The number of nitrogens with two attached hydrogens (primary N) is 1. The second-order valence-electron chi connectivity index (χ2n) is 4.06. The molecule has 0 saturated carbocycles. The topological polar surface area (TPSA) is 63.3 Å². The Morgan fingerprint density at radius 1 is 1.40 bits per heavy atom. The van der Waals surface area contributed by atoms with Crippen LogP contribution in [0, 0.1) is 0 Å². The molecule has 0 aliphatic carbocycles. The molecule has 82 valence electrons. The summed E-state index contributed by atoms with van der Waals surface area (Å²) in [6, 6.07) is 10.00. The molecule has 1 rings (SSSR count). The molecule has 1 atom stereocenters. The van der Waals surface area contributed by atoms with Gasteiger partial charge in [0.2, 0.25) is 0 Å². The minimum absolute atomic E-state index is 0.497. The van der Waals surface area contributed by atoms with Gasteiger partial charge in [-0.05, 0) is 31.7 Å².